The maximum absolute atomic E-state index is 12.1. The molecule has 1 aromatic carbocycles. The molecule has 2 aromatic heterocycles. The molecule has 0 saturated carbocycles. The molecule has 8 nitrogen and oxygen atoms in total. The number of nitrogens with one attached hydrogen (secondary N) is 3. The fourth-order valence-corrected chi connectivity index (χ4v) is 3.12. The summed E-state index contributed by atoms with van der Waals surface area (Å²) in [6, 6.07) is 10.9. The van der Waals surface area contributed by atoms with Crippen LogP contribution in [0.3, 0.4) is 0 Å². The Labute approximate surface area is 205 Å². The lowest BCUT2D eigenvalue weighted by Gasteiger charge is -2.12. The minimum Gasteiger partial charge on any atom is -0.459 e. The van der Waals surface area contributed by atoms with Gasteiger partial charge in [0.2, 0.25) is 0 Å². The minimum absolute atomic E-state index is 0. The molecular formula is C23H30IN5O3. The second-order valence-electron chi connectivity index (χ2n) is 6.92. The van der Waals surface area contributed by atoms with Gasteiger partial charge in [-0.15, -0.1) is 24.0 Å². The van der Waals surface area contributed by atoms with Gasteiger partial charge in [-0.25, -0.2) is 4.99 Å². The number of aryl methyl sites for hydroxylation is 2. The first kappa shape index (κ1) is 25.4. The zero-order valence-corrected chi connectivity index (χ0v) is 20.9. The van der Waals surface area contributed by atoms with Crippen LogP contribution in [0.5, 0.6) is 0 Å². The molecule has 0 unspecified atom stereocenters. The van der Waals surface area contributed by atoms with Crippen LogP contribution in [0.4, 0.5) is 5.69 Å². The Balaban J connectivity index is 0.00000363. The number of carbonyl (C=O) groups excluding carboxylic acids is 1. The van der Waals surface area contributed by atoms with Crippen molar-refractivity contribution in [1.82, 2.24) is 15.8 Å². The van der Waals surface area contributed by atoms with Crippen molar-refractivity contribution >= 4 is 41.5 Å². The van der Waals surface area contributed by atoms with E-state index in [4.69, 9.17) is 8.94 Å². The summed E-state index contributed by atoms with van der Waals surface area (Å²) in [6.07, 6.45) is 3.11. The fourth-order valence-electron chi connectivity index (χ4n) is 3.12. The summed E-state index contributed by atoms with van der Waals surface area (Å²) in [5, 5.41) is 13.6. The summed E-state index contributed by atoms with van der Waals surface area (Å²) in [4.78, 5) is 16.7. The van der Waals surface area contributed by atoms with E-state index < -0.39 is 0 Å². The molecule has 9 heteroatoms. The summed E-state index contributed by atoms with van der Waals surface area (Å²) in [5.41, 5.74) is 3.81. The van der Waals surface area contributed by atoms with Crippen LogP contribution in [0.25, 0.3) is 0 Å². The Hall–Kier alpha value is -2.82. The van der Waals surface area contributed by atoms with Crippen LogP contribution in [0.2, 0.25) is 0 Å². The summed E-state index contributed by atoms with van der Waals surface area (Å²) < 4.78 is 10.5. The molecule has 172 valence electrons. The first-order valence-electron chi connectivity index (χ1n) is 10.6. The van der Waals surface area contributed by atoms with E-state index in [-0.39, 0.29) is 35.6 Å². The molecule has 0 saturated heterocycles. The van der Waals surface area contributed by atoms with Crippen molar-refractivity contribution in [1.29, 1.82) is 0 Å². The molecule has 1 amide bonds. The van der Waals surface area contributed by atoms with Crippen LogP contribution < -0.4 is 16.0 Å². The number of halogens is 1. The molecule has 0 spiro atoms. The topological polar surface area (TPSA) is 105 Å². The number of amides is 1. The number of hydrogen-bond donors (Lipinski definition) is 3. The van der Waals surface area contributed by atoms with Gasteiger partial charge in [0, 0.05) is 30.8 Å². The normalized spacial score (nSPS) is 11.0. The number of carbonyl (C=O) groups is 1. The van der Waals surface area contributed by atoms with E-state index in [0.29, 0.717) is 18.8 Å². The molecular weight excluding hydrogens is 521 g/mol. The highest BCUT2D eigenvalue weighted by Crippen LogP contribution is 2.16. The van der Waals surface area contributed by atoms with Gasteiger partial charge >= 0.3 is 0 Å². The molecule has 0 fully saturated rings. The standard InChI is InChI=1S/C23H29N5O3.HI/c1-4-19-18(20(5-2)31-28-19)15-26-23(24-6-3)25-14-16-9-11-17(12-10-16)27-22(29)21-8-7-13-30-21;/h7-13H,4-6,14-15H2,1-3H3,(H,27,29)(H2,24,25,26);1H. The molecule has 0 aliphatic rings. The first-order chi connectivity index (χ1) is 15.1. The van der Waals surface area contributed by atoms with Gasteiger partial charge in [0.05, 0.1) is 18.5 Å². The zero-order valence-electron chi connectivity index (χ0n) is 18.6. The Morgan fingerprint density at radius 2 is 1.84 bits per heavy atom. The minimum atomic E-state index is -0.277. The van der Waals surface area contributed by atoms with E-state index in [1.807, 2.05) is 31.2 Å². The SMILES string of the molecule is CCNC(=NCc1ccc(NC(=O)c2ccco2)cc1)NCc1c(CC)noc1CC.I. The van der Waals surface area contributed by atoms with Crippen LogP contribution in [0.1, 0.15) is 53.9 Å². The second-order valence-corrected chi connectivity index (χ2v) is 6.92. The number of benzene rings is 1. The Morgan fingerprint density at radius 3 is 2.47 bits per heavy atom. The molecule has 32 heavy (non-hydrogen) atoms. The van der Waals surface area contributed by atoms with Gasteiger partial charge in [0.1, 0.15) is 5.76 Å². The van der Waals surface area contributed by atoms with E-state index in [1.165, 1.54) is 6.26 Å². The van der Waals surface area contributed by atoms with Gasteiger partial charge in [-0.1, -0.05) is 31.1 Å². The predicted octanol–water partition coefficient (Wildman–Crippen LogP) is 4.52. The lowest BCUT2D eigenvalue weighted by molar-refractivity contribution is 0.0996. The number of nitrogens with zero attached hydrogens (tertiary/aromatic N) is 2. The molecule has 0 radical (unpaired) electrons. The molecule has 0 bridgehead atoms. The Kier molecular flexibility index (Phi) is 10.3. The average molecular weight is 551 g/mol. The van der Waals surface area contributed by atoms with Crippen molar-refractivity contribution < 1.29 is 13.7 Å². The smallest absolute Gasteiger partial charge is 0.291 e. The summed E-state index contributed by atoms with van der Waals surface area (Å²) in [6.45, 7) is 8.03. The van der Waals surface area contributed by atoms with Crippen molar-refractivity contribution in [3.8, 4) is 0 Å². The summed E-state index contributed by atoms with van der Waals surface area (Å²) in [5.74, 6) is 1.64. The van der Waals surface area contributed by atoms with E-state index in [9.17, 15) is 4.79 Å². The fraction of sp³-hybridized carbons (Fsp3) is 0.348. The number of rotatable bonds is 9. The predicted molar refractivity (Wildman–Crippen MR) is 135 cm³/mol. The van der Waals surface area contributed by atoms with Crippen LogP contribution in [-0.4, -0.2) is 23.6 Å². The summed E-state index contributed by atoms with van der Waals surface area (Å²) in [7, 11) is 0. The van der Waals surface area contributed by atoms with Crippen LogP contribution in [0, 0.1) is 0 Å². The molecule has 0 aliphatic heterocycles. The third-order valence-electron chi connectivity index (χ3n) is 4.76. The number of guanidine groups is 1. The average Bonchev–Trinajstić information content (AvgIpc) is 3.46. The Bertz CT molecular complexity index is 976. The van der Waals surface area contributed by atoms with Crippen molar-refractivity contribution in [2.75, 3.05) is 11.9 Å². The number of hydrogen-bond acceptors (Lipinski definition) is 5. The Morgan fingerprint density at radius 1 is 1.06 bits per heavy atom. The highest BCUT2D eigenvalue weighted by molar-refractivity contribution is 14.0. The second kappa shape index (κ2) is 12.9. The molecule has 3 N–H and O–H groups in total. The number of anilines is 1. The first-order valence-corrected chi connectivity index (χ1v) is 10.6. The van der Waals surface area contributed by atoms with Crippen LogP contribution in [-0.2, 0) is 25.9 Å². The quantitative estimate of drug-likeness (QED) is 0.205. The van der Waals surface area contributed by atoms with Gasteiger partial charge in [0.15, 0.2) is 11.7 Å². The van der Waals surface area contributed by atoms with Gasteiger partial charge in [0.25, 0.3) is 5.91 Å². The number of aliphatic imine (C=N–C) groups is 1. The summed E-state index contributed by atoms with van der Waals surface area (Å²) >= 11 is 0. The molecule has 0 atom stereocenters. The monoisotopic (exact) mass is 551 g/mol. The van der Waals surface area contributed by atoms with Crippen molar-refractivity contribution in [3.05, 3.63) is 71.0 Å². The van der Waals surface area contributed by atoms with Gasteiger partial charge in [-0.05, 0) is 43.2 Å². The number of aromatic nitrogens is 1. The van der Waals surface area contributed by atoms with Gasteiger partial charge in [-0.2, -0.15) is 0 Å². The van der Waals surface area contributed by atoms with Crippen molar-refractivity contribution in [3.63, 3.8) is 0 Å². The maximum atomic E-state index is 12.1. The van der Waals surface area contributed by atoms with Crippen LogP contribution >= 0.6 is 24.0 Å². The highest BCUT2D eigenvalue weighted by atomic mass is 127. The molecule has 3 rings (SSSR count). The highest BCUT2D eigenvalue weighted by Gasteiger charge is 2.13. The van der Waals surface area contributed by atoms with E-state index in [0.717, 1.165) is 47.9 Å². The van der Waals surface area contributed by atoms with E-state index in [2.05, 4.69) is 39.9 Å². The lowest BCUT2D eigenvalue weighted by Crippen LogP contribution is -2.37. The van der Waals surface area contributed by atoms with Crippen molar-refractivity contribution in [2.24, 2.45) is 4.99 Å². The lowest BCUT2D eigenvalue weighted by atomic mass is 10.1. The molecule has 2 heterocycles. The number of furan rings is 1. The van der Waals surface area contributed by atoms with E-state index in [1.54, 1.807) is 12.1 Å². The molecule has 0 aliphatic carbocycles. The molecule has 3 aromatic rings. The third-order valence-corrected chi connectivity index (χ3v) is 4.76. The maximum Gasteiger partial charge on any atom is 0.291 e. The third kappa shape index (κ3) is 6.84. The largest absolute Gasteiger partial charge is 0.459 e. The zero-order chi connectivity index (χ0) is 22.1. The van der Waals surface area contributed by atoms with Gasteiger partial charge in [-0.3, -0.25) is 4.79 Å². The van der Waals surface area contributed by atoms with Crippen LogP contribution in [0.15, 0.2) is 56.6 Å². The van der Waals surface area contributed by atoms with E-state index >= 15 is 0 Å². The van der Waals surface area contributed by atoms with Gasteiger partial charge < -0.3 is 24.9 Å². The van der Waals surface area contributed by atoms with Crippen molar-refractivity contribution in [2.45, 2.75) is 46.7 Å².